The van der Waals surface area contributed by atoms with Gasteiger partial charge in [0.15, 0.2) is 0 Å². The lowest BCUT2D eigenvalue weighted by atomic mass is 9.90. The van der Waals surface area contributed by atoms with Crippen molar-refractivity contribution in [2.45, 2.75) is 55.6 Å². The zero-order valence-electron chi connectivity index (χ0n) is 14.1. The Balaban J connectivity index is 1.64. The van der Waals surface area contributed by atoms with Crippen LogP contribution in [0.2, 0.25) is 0 Å². The Morgan fingerprint density at radius 2 is 1.85 bits per heavy atom. The van der Waals surface area contributed by atoms with Crippen LogP contribution in [0.4, 0.5) is 13.2 Å². The standard InChI is InChI=1S/C15H22ClF3N4O3/c16-13-10(7-20-21-14(13)25)22-5-6-23(12(24)8-22)9-3-1-2-4-11(9)26-15(17,18)19/h9-11,13,20H,1-8H2,(H,21,25). The third-order valence-electron chi connectivity index (χ3n) is 5.22. The van der Waals surface area contributed by atoms with Gasteiger partial charge in [0, 0.05) is 25.7 Å². The normalized spacial score (nSPS) is 34.7. The van der Waals surface area contributed by atoms with Gasteiger partial charge in [-0.2, -0.15) is 0 Å². The minimum atomic E-state index is -4.71. The Morgan fingerprint density at radius 3 is 2.54 bits per heavy atom. The molecule has 7 nitrogen and oxygen atoms in total. The maximum absolute atomic E-state index is 12.7. The van der Waals surface area contributed by atoms with Gasteiger partial charge in [0.25, 0.3) is 5.91 Å². The van der Waals surface area contributed by atoms with E-state index in [4.69, 9.17) is 11.6 Å². The predicted molar refractivity (Wildman–Crippen MR) is 86.0 cm³/mol. The van der Waals surface area contributed by atoms with Crippen LogP contribution < -0.4 is 10.9 Å². The summed E-state index contributed by atoms with van der Waals surface area (Å²) in [5.74, 6) is -0.613. The van der Waals surface area contributed by atoms with Crippen LogP contribution in [0.3, 0.4) is 0 Å². The van der Waals surface area contributed by atoms with E-state index >= 15 is 0 Å². The lowest BCUT2D eigenvalue weighted by Crippen LogP contribution is -2.66. The van der Waals surface area contributed by atoms with Gasteiger partial charge < -0.3 is 4.90 Å². The summed E-state index contributed by atoms with van der Waals surface area (Å²) >= 11 is 6.13. The van der Waals surface area contributed by atoms with Crippen LogP contribution >= 0.6 is 11.6 Å². The van der Waals surface area contributed by atoms with Crippen molar-refractivity contribution in [1.82, 2.24) is 20.7 Å². The van der Waals surface area contributed by atoms with Gasteiger partial charge >= 0.3 is 6.36 Å². The average Bonchev–Trinajstić information content (AvgIpc) is 2.57. The van der Waals surface area contributed by atoms with Gasteiger partial charge in [-0.3, -0.25) is 24.7 Å². The Labute approximate surface area is 154 Å². The lowest BCUT2D eigenvalue weighted by Gasteiger charge is -2.46. The number of carbonyl (C=O) groups is 2. The third-order valence-corrected chi connectivity index (χ3v) is 5.71. The molecule has 1 saturated carbocycles. The molecule has 0 radical (unpaired) electrons. The van der Waals surface area contributed by atoms with E-state index in [-0.39, 0.29) is 30.8 Å². The van der Waals surface area contributed by atoms with Crippen molar-refractivity contribution < 1.29 is 27.5 Å². The van der Waals surface area contributed by atoms with Crippen molar-refractivity contribution in [3.05, 3.63) is 0 Å². The molecule has 3 fully saturated rings. The van der Waals surface area contributed by atoms with Gasteiger partial charge in [-0.15, -0.1) is 24.8 Å². The Hall–Kier alpha value is -1.10. The molecule has 2 N–H and O–H groups in total. The van der Waals surface area contributed by atoms with E-state index in [2.05, 4.69) is 15.6 Å². The van der Waals surface area contributed by atoms with E-state index in [1.165, 1.54) is 4.90 Å². The highest BCUT2D eigenvalue weighted by Gasteiger charge is 2.44. The van der Waals surface area contributed by atoms with Crippen LogP contribution in [0.5, 0.6) is 0 Å². The first-order valence-electron chi connectivity index (χ1n) is 8.71. The van der Waals surface area contributed by atoms with E-state index in [9.17, 15) is 22.8 Å². The second-order valence-electron chi connectivity index (χ2n) is 6.85. The highest BCUT2D eigenvalue weighted by Crippen LogP contribution is 2.32. The number of ether oxygens (including phenoxy) is 1. The second-order valence-corrected chi connectivity index (χ2v) is 7.32. The molecular weight excluding hydrogens is 377 g/mol. The summed E-state index contributed by atoms with van der Waals surface area (Å²) in [4.78, 5) is 27.6. The monoisotopic (exact) mass is 398 g/mol. The quantitative estimate of drug-likeness (QED) is 0.681. The summed E-state index contributed by atoms with van der Waals surface area (Å²) in [6, 6.07) is -0.912. The van der Waals surface area contributed by atoms with Gasteiger partial charge in [0.1, 0.15) is 5.38 Å². The number of nitrogens with zero attached hydrogens (tertiary/aromatic N) is 2. The molecule has 2 heterocycles. The fourth-order valence-corrected chi connectivity index (χ4v) is 4.29. The molecular formula is C15H22ClF3N4O3. The molecule has 2 aliphatic heterocycles. The van der Waals surface area contributed by atoms with Gasteiger partial charge in [-0.25, -0.2) is 5.43 Å². The number of amides is 2. The largest absolute Gasteiger partial charge is 0.522 e. The number of hydrogen-bond donors (Lipinski definition) is 2. The average molecular weight is 399 g/mol. The predicted octanol–water partition coefficient (Wildman–Crippen LogP) is 0.589. The van der Waals surface area contributed by atoms with Crippen LogP contribution in [-0.4, -0.2) is 77.7 Å². The zero-order chi connectivity index (χ0) is 18.9. The summed E-state index contributed by atoms with van der Waals surface area (Å²) in [5.41, 5.74) is 5.17. The molecule has 0 aromatic rings. The summed E-state index contributed by atoms with van der Waals surface area (Å²) in [5, 5.41) is -0.786. The van der Waals surface area contributed by atoms with Crippen molar-refractivity contribution in [3.63, 3.8) is 0 Å². The first-order chi connectivity index (χ1) is 12.3. The van der Waals surface area contributed by atoms with E-state index in [0.717, 1.165) is 6.42 Å². The van der Waals surface area contributed by atoms with Crippen molar-refractivity contribution in [1.29, 1.82) is 0 Å². The number of alkyl halides is 4. The number of halogens is 4. The summed E-state index contributed by atoms with van der Waals surface area (Å²) in [6.45, 7) is 1.17. The van der Waals surface area contributed by atoms with Crippen LogP contribution in [0.1, 0.15) is 25.7 Å². The maximum Gasteiger partial charge on any atom is 0.522 e. The number of hydrogen-bond acceptors (Lipinski definition) is 5. The van der Waals surface area contributed by atoms with Gasteiger partial charge in [0.05, 0.1) is 18.7 Å². The molecule has 0 aromatic carbocycles. The summed E-state index contributed by atoms with van der Waals surface area (Å²) in [6.07, 6.45) is -3.53. The minimum absolute atomic E-state index is 0.0259. The lowest BCUT2D eigenvalue weighted by molar-refractivity contribution is -0.350. The first-order valence-corrected chi connectivity index (χ1v) is 9.15. The molecule has 3 aliphatic rings. The highest BCUT2D eigenvalue weighted by atomic mass is 35.5. The van der Waals surface area contributed by atoms with E-state index in [0.29, 0.717) is 32.5 Å². The molecule has 148 valence electrons. The molecule has 0 spiro atoms. The molecule has 3 rings (SSSR count). The molecule has 4 unspecified atom stereocenters. The van der Waals surface area contributed by atoms with Gasteiger partial charge in [0.2, 0.25) is 5.91 Å². The first kappa shape index (κ1) is 19.7. The van der Waals surface area contributed by atoms with Gasteiger partial charge in [-0.1, -0.05) is 12.8 Å². The molecule has 26 heavy (non-hydrogen) atoms. The zero-order valence-corrected chi connectivity index (χ0v) is 14.9. The molecule has 2 amide bonds. The fraction of sp³-hybridized carbons (Fsp3) is 0.867. The molecule has 1 aliphatic carbocycles. The number of nitrogens with one attached hydrogen (secondary N) is 2. The second kappa shape index (κ2) is 7.87. The molecule has 11 heteroatoms. The number of rotatable bonds is 3. The molecule has 0 aromatic heterocycles. The third kappa shape index (κ3) is 4.41. The topological polar surface area (TPSA) is 73.9 Å². The van der Waals surface area contributed by atoms with Gasteiger partial charge in [-0.05, 0) is 12.8 Å². The summed E-state index contributed by atoms with van der Waals surface area (Å²) < 4.78 is 42.3. The fourth-order valence-electron chi connectivity index (χ4n) is 3.99. The number of carbonyl (C=O) groups excluding carboxylic acids is 2. The van der Waals surface area contributed by atoms with Crippen molar-refractivity contribution in [2.75, 3.05) is 26.2 Å². The Morgan fingerprint density at radius 1 is 1.12 bits per heavy atom. The smallest absolute Gasteiger partial charge is 0.335 e. The molecule has 0 bridgehead atoms. The highest BCUT2D eigenvalue weighted by molar-refractivity contribution is 6.31. The van der Waals surface area contributed by atoms with Crippen LogP contribution in [-0.2, 0) is 14.3 Å². The summed E-state index contributed by atoms with van der Waals surface area (Å²) in [7, 11) is 0. The van der Waals surface area contributed by atoms with Crippen molar-refractivity contribution in [2.24, 2.45) is 0 Å². The van der Waals surface area contributed by atoms with E-state index in [1.54, 1.807) is 0 Å². The molecule has 4 atom stereocenters. The minimum Gasteiger partial charge on any atom is -0.335 e. The van der Waals surface area contributed by atoms with E-state index in [1.807, 2.05) is 4.90 Å². The Kier molecular flexibility index (Phi) is 5.95. The van der Waals surface area contributed by atoms with Crippen LogP contribution in [0, 0.1) is 0 Å². The van der Waals surface area contributed by atoms with Crippen molar-refractivity contribution in [3.8, 4) is 0 Å². The van der Waals surface area contributed by atoms with Crippen LogP contribution in [0.25, 0.3) is 0 Å². The SMILES string of the molecule is O=C1NNCC(N2CCN(C3CCCCC3OC(F)(F)F)C(=O)C2)C1Cl. The Bertz CT molecular complexity index is 551. The van der Waals surface area contributed by atoms with E-state index < -0.39 is 23.9 Å². The molecule has 2 saturated heterocycles. The van der Waals surface area contributed by atoms with Crippen LogP contribution in [0.15, 0.2) is 0 Å². The number of piperazine rings is 1. The maximum atomic E-state index is 12.7. The number of hydrazine groups is 1. The van der Waals surface area contributed by atoms with Crippen molar-refractivity contribution >= 4 is 23.4 Å².